The van der Waals surface area contributed by atoms with Crippen LogP contribution < -0.4 is 5.56 Å². The van der Waals surface area contributed by atoms with E-state index in [1.807, 2.05) is 6.92 Å². The molecule has 2 aromatic rings. The lowest BCUT2D eigenvalue weighted by molar-refractivity contribution is 0.815. The number of pyridine rings is 1. The molecule has 0 aromatic carbocycles. The molecule has 16 heavy (non-hydrogen) atoms. The van der Waals surface area contributed by atoms with E-state index in [4.69, 9.17) is 11.6 Å². The van der Waals surface area contributed by atoms with Crippen LogP contribution in [-0.4, -0.2) is 14.8 Å². The number of nitrogens with one attached hydrogen (secondary N) is 1. The number of aryl methyl sites for hydroxylation is 1. The summed E-state index contributed by atoms with van der Waals surface area (Å²) in [6, 6.07) is 3.47. The van der Waals surface area contributed by atoms with Crippen molar-refractivity contribution in [1.82, 2.24) is 14.8 Å². The standard InChI is InChI=1S/C10H9BrClN3O/c1-2-6-8(11)10(16)15(14-6)7-4-3-5-13-9(7)12/h3-5,14H,2H2,1H3. The van der Waals surface area contributed by atoms with Gasteiger partial charge in [0.05, 0.1) is 5.69 Å². The van der Waals surface area contributed by atoms with Crippen LogP contribution >= 0.6 is 27.5 Å². The van der Waals surface area contributed by atoms with Gasteiger partial charge in [-0.15, -0.1) is 0 Å². The summed E-state index contributed by atoms with van der Waals surface area (Å²) in [5, 5.41) is 3.28. The van der Waals surface area contributed by atoms with Crippen LogP contribution in [0, 0.1) is 0 Å². The van der Waals surface area contributed by atoms with Crippen LogP contribution in [0.25, 0.3) is 5.69 Å². The first-order chi connectivity index (χ1) is 7.65. The fourth-order valence-corrected chi connectivity index (χ4v) is 2.16. The summed E-state index contributed by atoms with van der Waals surface area (Å²) in [4.78, 5) is 15.8. The Morgan fingerprint density at radius 1 is 1.62 bits per heavy atom. The Labute approximate surface area is 105 Å². The van der Waals surface area contributed by atoms with E-state index in [0.29, 0.717) is 15.3 Å². The summed E-state index contributed by atoms with van der Waals surface area (Å²) in [6.45, 7) is 1.96. The lowest BCUT2D eigenvalue weighted by Gasteiger charge is -2.02. The zero-order valence-electron chi connectivity index (χ0n) is 8.50. The second-order valence-electron chi connectivity index (χ2n) is 3.21. The number of rotatable bonds is 2. The highest BCUT2D eigenvalue weighted by Gasteiger charge is 2.13. The number of hydrogen-bond acceptors (Lipinski definition) is 2. The largest absolute Gasteiger partial charge is 0.294 e. The van der Waals surface area contributed by atoms with Crippen LogP contribution in [0.5, 0.6) is 0 Å². The number of halogens is 2. The zero-order chi connectivity index (χ0) is 11.7. The van der Waals surface area contributed by atoms with Gasteiger partial charge in [0, 0.05) is 6.20 Å². The Bertz CT molecular complexity index is 576. The number of nitrogens with zero attached hydrogens (tertiary/aromatic N) is 2. The molecule has 2 aromatic heterocycles. The van der Waals surface area contributed by atoms with E-state index < -0.39 is 0 Å². The Kier molecular flexibility index (Phi) is 3.16. The molecule has 0 amide bonds. The van der Waals surface area contributed by atoms with E-state index >= 15 is 0 Å². The molecule has 2 rings (SSSR count). The molecule has 6 heteroatoms. The van der Waals surface area contributed by atoms with Gasteiger partial charge in [-0.1, -0.05) is 18.5 Å². The minimum Gasteiger partial charge on any atom is -0.294 e. The Hall–Kier alpha value is -1.07. The maximum Gasteiger partial charge on any atom is 0.285 e. The van der Waals surface area contributed by atoms with Gasteiger partial charge in [-0.25, -0.2) is 9.67 Å². The molecule has 0 saturated carbocycles. The minimum atomic E-state index is -0.160. The monoisotopic (exact) mass is 301 g/mol. The van der Waals surface area contributed by atoms with E-state index in [0.717, 1.165) is 12.1 Å². The van der Waals surface area contributed by atoms with Gasteiger partial charge in [0.15, 0.2) is 5.15 Å². The molecular formula is C10H9BrClN3O. The van der Waals surface area contributed by atoms with Crippen LogP contribution in [0.1, 0.15) is 12.6 Å². The van der Waals surface area contributed by atoms with E-state index in [2.05, 4.69) is 26.0 Å². The van der Waals surface area contributed by atoms with E-state index in [9.17, 15) is 4.79 Å². The van der Waals surface area contributed by atoms with Crippen LogP contribution in [0.3, 0.4) is 0 Å². The highest BCUT2D eigenvalue weighted by Crippen LogP contribution is 2.17. The SMILES string of the molecule is CCc1[nH]n(-c2cccnc2Cl)c(=O)c1Br. The van der Waals surface area contributed by atoms with Gasteiger partial charge in [0.2, 0.25) is 0 Å². The van der Waals surface area contributed by atoms with Gasteiger partial charge < -0.3 is 0 Å². The van der Waals surface area contributed by atoms with Gasteiger partial charge >= 0.3 is 0 Å². The lowest BCUT2D eigenvalue weighted by Crippen LogP contribution is -2.15. The molecule has 0 radical (unpaired) electrons. The fraction of sp³-hybridized carbons (Fsp3) is 0.200. The average molecular weight is 303 g/mol. The predicted molar refractivity (Wildman–Crippen MR) is 66.3 cm³/mol. The van der Waals surface area contributed by atoms with Gasteiger partial charge in [0.1, 0.15) is 10.2 Å². The molecule has 1 N–H and O–H groups in total. The first-order valence-corrected chi connectivity index (χ1v) is 5.92. The molecule has 0 aliphatic heterocycles. The summed E-state index contributed by atoms with van der Waals surface area (Å²) in [6.07, 6.45) is 2.32. The van der Waals surface area contributed by atoms with Gasteiger partial charge in [-0.2, -0.15) is 0 Å². The predicted octanol–water partition coefficient (Wildman–Crippen LogP) is 2.54. The van der Waals surface area contributed by atoms with E-state index in [-0.39, 0.29) is 5.56 Å². The molecule has 0 unspecified atom stereocenters. The van der Waals surface area contributed by atoms with Crippen molar-refractivity contribution < 1.29 is 0 Å². The quantitative estimate of drug-likeness (QED) is 0.867. The summed E-state index contributed by atoms with van der Waals surface area (Å²) in [7, 11) is 0. The van der Waals surface area contributed by atoms with Gasteiger partial charge in [-0.3, -0.25) is 9.89 Å². The molecule has 0 aliphatic rings. The molecule has 0 saturated heterocycles. The van der Waals surface area contributed by atoms with E-state index in [1.165, 1.54) is 4.68 Å². The number of H-pyrrole nitrogens is 1. The molecule has 4 nitrogen and oxygen atoms in total. The van der Waals surface area contributed by atoms with Crippen LogP contribution in [-0.2, 0) is 6.42 Å². The topological polar surface area (TPSA) is 50.7 Å². The minimum absolute atomic E-state index is 0.160. The summed E-state index contributed by atoms with van der Waals surface area (Å²) < 4.78 is 1.92. The molecule has 84 valence electrons. The summed E-state index contributed by atoms with van der Waals surface area (Å²) in [5.74, 6) is 0. The first-order valence-electron chi connectivity index (χ1n) is 4.75. The molecule has 0 fully saturated rings. The lowest BCUT2D eigenvalue weighted by atomic mass is 10.3. The summed E-state index contributed by atoms with van der Waals surface area (Å²) >= 11 is 9.18. The Morgan fingerprint density at radius 3 is 2.94 bits per heavy atom. The smallest absolute Gasteiger partial charge is 0.285 e. The van der Waals surface area contributed by atoms with Crippen LogP contribution in [0.2, 0.25) is 5.15 Å². The Morgan fingerprint density at radius 2 is 2.38 bits per heavy atom. The summed E-state index contributed by atoms with van der Waals surface area (Å²) in [5.41, 5.74) is 1.23. The van der Waals surface area contributed by atoms with E-state index in [1.54, 1.807) is 18.3 Å². The van der Waals surface area contributed by atoms with Crippen LogP contribution in [0.15, 0.2) is 27.6 Å². The van der Waals surface area contributed by atoms with Crippen molar-refractivity contribution in [2.45, 2.75) is 13.3 Å². The zero-order valence-corrected chi connectivity index (χ0v) is 10.8. The van der Waals surface area contributed by atoms with Crippen molar-refractivity contribution >= 4 is 27.5 Å². The maximum atomic E-state index is 11.9. The third-order valence-electron chi connectivity index (χ3n) is 2.24. The third kappa shape index (κ3) is 1.81. The Balaban J connectivity index is 2.66. The van der Waals surface area contributed by atoms with Crippen molar-refractivity contribution in [3.63, 3.8) is 0 Å². The highest BCUT2D eigenvalue weighted by atomic mass is 79.9. The second-order valence-corrected chi connectivity index (χ2v) is 4.36. The molecule has 0 spiro atoms. The molecular weight excluding hydrogens is 293 g/mol. The molecule has 0 atom stereocenters. The van der Waals surface area contributed by atoms with Crippen LogP contribution in [0.4, 0.5) is 0 Å². The van der Waals surface area contributed by atoms with Crippen molar-refractivity contribution in [2.24, 2.45) is 0 Å². The highest BCUT2D eigenvalue weighted by molar-refractivity contribution is 9.10. The number of hydrogen-bond donors (Lipinski definition) is 1. The molecule has 0 bridgehead atoms. The van der Waals surface area contributed by atoms with Gasteiger partial charge in [-0.05, 0) is 34.5 Å². The normalized spacial score (nSPS) is 10.7. The van der Waals surface area contributed by atoms with Crippen molar-refractivity contribution in [1.29, 1.82) is 0 Å². The number of aromatic amines is 1. The average Bonchev–Trinajstić information content (AvgIpc) is 2.57. The fourth-order valence-electron chi connectivity index (χ4n) is 1.41. The number of aromatic nitrogens is 3. The van der Waals surface area contributed by atoms with Crippen molar-refractivity contribution in [2.75, 3.05) is 0 Å². The van der Waals surface area contributed by atoms with Crippen molar-refractivity contribution in [3.8, 4) is 5.69 Å². The van der Waals surface area contributed by atoms with Crippen molar-refractivity contribution in [3.05, 3.63) is 44.0 Å². The molecule has 0 aliphatic carbocycles. The third-order valence-corrected chi connectivity index (χ3v) is 3.35. The van der Waals surface area contributed by atoms with Gasteiger partial charge in [0.25, 0.3) is 5.56 Å². The maximum absolute atomic E-state index is 11.9. The molecule has 2 heterocycles. The first kappa shape index (κ1) is 11.4. The second kappa shape index (κ2) is 4.43.